The molecule has 0 aliphatic heterocycles. The number of halogens is 3. The summed E-state index contributed by atoms with van der Waals surface area (Å²) in [6.45, 7) is -0.747. The zero-order chi connectivity index (χ0) is 13.9. The van der Waals surface area contributed by atoms with Gasteiger partial charge in [-0.2, -0.15) is 8.78 Å². The topological polar surface area (TPSA) is 35.2 Å². The third kappa shape index (κ3) is 3.44. The summed E-state index contributed by atoms with van der Waals surface area (Å²) in [4.78, 5) is 0. The Kier molecular flexibility index (Phi) is 4.04. The first-order valence-electron chi connectivity index (χ1n) is 5.60. The number of hydrogen-bond donors (Lipinski definition) is 1. The van der Waals surface area contributed by atoms with E-state index < -0.39 is 12.5 Å². The van der Waals surface area contributed by atoms with Crippen LogP contribution < -0.4 is 10.5 Å². The number of rotatable bonds is 4. The molecular weight excluding hydrogens is 316 g/mol. The second-order valence-corrected chi connectivity index (χ2v) is 4.96. The molecule has 0 spiro atoms. The van der Waals surface area contributed by atoms with Gasteiger partial charge in [-0.3, -0.25) is 0 Å². The molecule has 2 aromatic rings. The Morgan fingerprint density at radius 3 is 2.42 bits per heavy atom. The first-order chi connectivity index (χ1) is 8.99. The SMILES string of the molecule is Nc1cc(Br)ccc1OCC(F)(F)c1ccccc1. The first kappa shape index (κ1) is 13.8. The van der Waals surface area contributed by atoms with E-state index in [1.165, 1.54) is 12.1 Å². The summed E-state index contributed by atoms with van der Waals surface area (Å²) in [7, 11) is 0. The fraction of sp³-hybridized carbons (Fsp3) is 0.143. The molecule has 0 aliphatic carbocycles. The van der Waals surface area contributed by atoms with Crippen LogP contribution in [0.25, 0.3) is 0 Å². The van der Waals surface area contributed by atoms with Gasteiger partial charge in [0.15, 0.2) is 6.61 Å². The molecule has 0 saturated heterocycles. The van der Waals surface area contributed by atoms with E-state index in [-0.39, 0.29) is 11.3 Å². The van der Waals surface area contributed by atoms with Crippen molar-refractivity contribution in [1.82, 2.24) is 0 Å². The summed E-state index contributed by atoms with van der Waals surface area (Å²) in [5.41, 5.74) is 5.93. The zero-order valence-electron chi connectivity index (χ0n) is 9.95. The molecule has 0 atom stereocenters. The summed E-state index contributed by atoms with van der Waals surface area (Å²) >= 11 is 3.24. The van der Waals surface area contributed by atoms with Crippen LogP contribution in [-0.2, 0) is 5.92 Å². The maximum atomic E-state index is 13.9. The largest absolute Gasteiger partial charge is 0.485 e. The summed E-state index contributed by atoms with van der Waals surface area (Å²) in [6.07, 6.45) is 0. The van der Waals surface area contributed by atoms with Crippen LogP contribution in [0.15, 0.2) is 53.0 Å². The summed E-state index contributed by atoms with van der Waals surface area (Å²) in [6, 6.07) is 12.4. The van der Waals surface area contributed by atoms with Gasteiger partial charge < -0.3 is 10.5 Å². The van der Waals surface area contributed by atoms with Crippen LogP contribution in [0.5, 0.6) is 5.75 Å². The van der Waals surface area contributed by atoms with Crippen molar-refractivity contribution in [2.75, 3.05) is 12.3 Å². The highest BCUT2D eigenvalue weighted by molar-refractivity contribution is 9.10. The van der Waals surface area contributed by atoms with E-state index in [4.69, 9.17) is 10.5 Å². The minimum Gasteiger partial charge on any atom is -0.485 e. The van der Waals surface area contributed by atoms with Crippen molar-refractivity contribution in [2.24, 2.45) is 0 Å². The van der Waals surface area contributed by atoms with Gasteiger partial charge in [0.1, 0.15) is 5.75 Å². The number of benzene rings is 2. The lowest BCUT2D eigenvalue weighted by Crippen LogP contribution is -2.23. The van der Waals surface area contributed by atoms with Crippen LogP contribution in [0.3, 0.4) is 0 Å². The van der Waals surface area contributed by atoms with Gasteiger partial charge in [-0.1, -0.05) is 46.3 Å². The van der Waals surface area contributed by atoms with Crippen LogP contribution in [0.1, 0.15) is 5.56 Å². The standard InChI is InChI=1S/C14H12BrF2NO/c15-11-6-7-13(12(18)8-11)19-9-14(16,17)10-4-2-1-3-5-10/h1-8H,9,18H2. The highest BCUT2D eigenvalue weighted by Crippen LogP contribution is 2.31. The van der Waals surface area contributed by atoms with Crippen molar-refractivity contribution in [3.8, 4) is 5.75 Å². The Labute approximate surface area is 118 Å². The van der Waals surface area contributed by atoms with Crippen LogP contribution in [0, 0.1) is 0 Å². The van der Waals surface area contributed by atoms with Crippen LogP contribution in [0.4, 0.5) is 14.5 Å². The third-order valence-electron chi connectivity index (χ3n) is 2.58. The molecule has 0 radical (unpaired) electrons. The van der Waals surface area contributed by atoms with Gasteiger partial charge in [0, 0.05) is 10.0 Å². The molecular formula is C14H12BrF2NO. The quantitative estimate of drug-likeness (QED) is 0.854. The average Bonchev–Trinajstić information content (AvgIpc) is 2.39. The van der Waals surface area contributed by atoms with E-state index in [0.29, 0.717) is 5.69 Å². The highest BCUT2D eigenvalue weighted by Gasteiger charge is 2.32. The molecule has 0 heterocycles. The fourth-order valence-electron chi connectivity index (χ4n) is 1.58. The first-order valence-corrected chi connectivity index (χ1v) is 6.39. The Hall–Kier alpha value is -1.62. The van der Waals surface area contributed by atoms with Crippen LogP contribution in [-0.4, -0.2) is 6.61 Å². The molecule has 100 valence electrons. The molecule has 2 nitrogen and oxygen atoms in total. The Morgan fingerprint density at radius 2 is 1.79 bits per heavy atom. The molecule has 19 heavy (non-hydrogen) atoms. The minimum absolute atomic E-state index is 0.0781. The zero-order valence-corrected chi connectivity index (χ0v) is 11.5. The molecule has 5 heteroatoms. The van der Waals surface area contributed by atoms with Crippen molar-refractivity contribution in [2.45, 2.75) is 5.92 Å². The van der Waals surface area contributed by atoms with Gasteiger partial charge in [0.25, 0.3) is 0 Å². The maximum absolute atomic E-state index is 13.9. The molecule has 0 aromatic heterocycles. The van der Waals surface area contributed by atoms with E-state index in [0.717, 1.165) is 4.47 Å². The van der Waals surface area contributed by atoms with E-state index in [2.05, 4.69) is 15.9 Å². The van der Waals surface area contributed by atoms with Gasteiger partial charge in [-0.05, 0) is 18.2 Å². The number of nitrogen functional groups attached to an aromatic ring is 1. The summed E-state index contributed by atoms with van der Waals surface area (Å²) in [5, 5.41) is 0. The Balaban J connectivity index is 2.09. The molecule has 0 bridgehead atoms. The number of ether oxygens (including phenoxy) is 1. The van der Waals surface area contributed by atoms with Crippen molar-refractivity contribution in [3.05, 3.63) is 58.6 Å². The Morgan fingerprint density at radius 1 is 1.11 bits per heavy atom. The van der Waals surface area contributed by atoms with Crippen LogP contribution in [0.2, 0.25) is 0 Å². The predicted octanol–water partition coefficient (Wildman–Crippen LogP) is 4.20. The van der Waals surface area contributed by atoms with Crippen molar-refractivity contribution in [3.63, 3.8) is 0 Å². The lowest BCUT2D eigenvalue weighted by atomic mass is 10.1. The summed E-state index contributed by atoms with van der Waals surface area (Å²) in [5.74, 6) is -2.81. The van der Waals surface area contributed by atoms with Crippen molar-refractivity contribution < 1.29 is 13.5 Å². The van der Waals surface area contributed by atoms with E-state index in [1.807, 2.05) is 0 Å². The van der Waals surface area contributed by atoms with E-state index >= 15 is 0 Å². The number of nitrogens with two attached hydrogens (primary N) is 1. The van der Waals surface area contributed by atoms with E-state index in [1.54, 1.807) is 36.4 Å². The van der Waals surface area contributed by atoms with Crippen molar-refractivity contribution >= 4 is 21.6 Å². The molecule has 2 N–H and O–H groups in total. The normalized spacial score (nSPS) is 11.3. The fourth-order valence-corrected chi connectivity index (χ4v) is 1.96. The highest BCUT2D eigenvalue weighted by atomic mass is 79.9. The molecule has 0 fully saturated rings. The van der Waals surface area contributed by atoms with Gasteiger partial charge >= 0.3 is 5.92 Å². The second kappa shape index (κ2) is 5.57. The molecule has 0 amide bonds. The van der Waals surface area contributed by atoms with E-state index in [9.17, 15) is 8.78 Å². The predicted molar refractivity (Wildman–Crippen MR) is 74.4 cm³/mol. The molecule has 0 aliphatic rings. The Bertz CT molecular complexity index is 561. The van der Waals surface area contributed by atoms with Crippen LogP contribution >= 0.6 is 15.9 Å². The average molecular weight is 328 g/mol. The van der Waals surface area contributed by atoms with Gasteiger partial charge in [-0.25, -0.2) is 0 Å². The minimum atomic E-state index is -3.05. The molecule has 2 rings (SSSR count). The van der Waals surface area contributed by atoms with Gasteiger partial charge in [-0.15, -0.1) is 0 Å². The number of alkyl halides is 2. The molecule has 0 unspecified atom stereocenters. The monoisotopic (exact) mass is 327 g/mol. The lowest BCUT2D eigenvalue weighted by molar-refractivity contribution is -0.0465. The second-order valence-electron chi connectivity index (χ2n) is 4.04. The smallest absolute Gasteiger partial charge is 0.306 e. The maximum Gasteiger partial charge on any atom is 0.306 e. The number of hydrogen-bond acceptors (Lipinski definition) is 2. The van der Waals surface area contributed by atoms with Gasteiger partial charge in [0.2, 0.25) is 0 Å². The van der Waals surface area contributed by atoms with Gasteiger partial charge in [0.05, 0.1) is 5.69 Å². The summed E-state index contributed by atoms with van der Waals surface area (Å²) < 4.78 is 33.6. The van der Waals surface area contributed by atoms with Crippen molar-refractivity contribution in [1.29, 1.82) is 0 Å². The lowest BCUT2D eigenvalue weighted by Gasteiger charge is -2.18. The third-order valence-corrected chi connectivity index (χ3v) is 3.07. The number of anilines is 1. The molecule has 2 aromatic carbocycles. The molecule has 0 saturated carbocycles.